The van der Waals surface area contributed by atoms with Gasteiger partial charge in [0.1, 0.15) is 0 Å². The Morgan fingerprint density at radius 1 is 0.548 bits per heavy atom. The topological polar surface area (TPSA) is 9.23 Å². The van der Waals surface area contributed by atoms with Gasteiger partial charge in [-0.3, -0.25) is 0 Å². The number of hydrogen-bond donors (Lipinski definition) is 0. The van der Waals surface area contributed by atoms with Crippen molar-refractivity contribution in [1.29, 1.82) is 0 Å². The summed E-state index contributed by atoms with van der Waals surface area (Å²) >= 11 is 0. The molecule has 0 saturated heterocycles. The Morgan fingerprint density at radius 3 is 1.13 bits per heavy atom. The van der Waals surface area contributed by atoms with Crippen LogP contribution in [0.3, 0.4) is 0 Å². The summed E-state index contributed by atoms with van der Waals surface area (Å²) in [7, 11) is 0. The van der Waals surface area contributed by atoms with Crippen molar-refractivity contribution >= 4 is 0 Å². The van der Waals surface area contributed by atoms with E-state index in [1.165, 1.54) is 22.3 Å². The molecular formula is C30H46O. The predicted molar refractivity (Wildman–Crippen MR) is 136 cm³/mol. The molecule has 0 aliphatic rings. The molecule has 0 spiro atoms. The zero-order valence-corrected chi connectivity index (χ0v) is 22.2. The number of ether oxygens (including phenoxy) is 1. The van der Waals surface area contributed by atoms with Gasteiger partial charge in [0, 0.05) is 11.8 Å². The number of rotatable bonds is 6. The van der Waals surface area contributed by atoms with Crippen LogP contribution in [-0.4, -0.2) is 11.2 Å². The molecule has 0 N–H and O–H groups in total. The van der Waals surface area contributed by atoms with Crippen LogP contribution in [0, 0.1) is 24.7 Å². The van der Waals surface area contributed by atoms with Gasteiger partial charge in [0.15, 0.2) is 0 Å². The average molecular weight is 423 g/mol. The maximum atomic E-state index is 7.19. The zero-order chi connectivity index (χ0) is 23.8. The van der Waals surface area contributed by atoms with E-state index in [1.54, 1.807) is 0 Å². The molecule has 31 heavy (non-hydrogen) atoms. The summed E-state index contributed by atoms with van der Waals surface area (Å²) in [5.41, 5.74) is 4.75. The fourth-order valence-corrected chi connectivity index (χ4v) is 6.38. The molecule has 1 nitrogen and oxygen atoms in total. The molecule has 1 heteroatoms. The van der Waals surface area contributed by atoms with Gasteiger partial charge in [-0.1, -0.05) is 101 Å². The molecule has 0 aliphatic carbocycles. The van der Waals surface area contributed by atoms with Gasteiger partial charge >= 0.3 is 0 Å². The van der Waals surface area contributed by atoms with Crippen LogP contribution < -0.4 is 0 Å². The quantitative estimate of drug-likeness (QED) is 0.452. The number of benzene rings is 2. The molecule has 0 aromatic heterocycles. The molecule has 2 aromatic carbocycles. The molecule has 172 valence electrons. The van der Waals surface area contributed by atoms with Crippen molar-refractivity contribution in [2.75, 3.05) is 0 Å². The van der Waals surface area contributed by atoms with Crippen molar-refractivity contribution in [3.05, 3.63) is 70.8 Å². The van der Waals surface area contributed by atoms with E-state index in [0.717, 1.165) is 0 Å². The van der Waals surface area contributed by atoms with E-state index in [2.05, 4.69) is 132 Å². The molecule has 2 unspecified atom stereocenters. The van der Waals surface area contributed by atoms with E-state index in [-0.39, 0.29) is 33.9 Å². The third-order valence-corrected chi connectivity index (χ3v) is 6.40. The first-order valence-electron chi connectivity index (χ1n) is 11.8. The van der Waals surface area contributed by atoms with Gasteiger partial charge in [-0.05, 0) is 63.5 Å². The van der Waals surface area contributed by atoms with Gasteiger partial charge in [-0.25, -0.2) is 0 Å². The molecule has 0 aliphatic heterocycles. The van der Waals surface area contributed by atoms with Crippen molar-refractivity contribution in [3.8, 4) is 0 Å². The third-order valence-electron chi connectivity index (χ3n) is 6.40. The van der Waals surface area contributed by atoms with E-state index in [1.807, 2.05) is 0 Å². The fraction of sp³-hybridized carbons (Fsp3) is 0.600. The number of hydrogen-bond acceptors (Lipinski definition) is 1. The first-order valence-corrected chi connectivity index (χ1v) is 11.8. The Hall–Kier alpha value is -1.60. The molecule has 0 saturated carbocycles. The predicted octanol–water partition coefficient (Wildman–Crippen LogP) is 8.84. The summed E-state index contributed by atoms with van der Waals surface area (Å²) in [4.78, 5) is 0. The summed E-state index contributed by atoms with van der Waals surface area (Å²) in [6.07, 6.45) is 0. The van der Waals surface area contributed by atoms with E-state index in [9.17, 15) is 0 Å². The standard InChI is InChI=1S/C30H46O/c1-21-15-13-17-23(19-21)25(27(3,4)5)29(9,10)31-30(11,12)26(28(6,7)8)24-18-14-16-22(2)20-24/h13-20,25-26H,1-12H3. The van der Waals surface area contributed by atoms with Crippen molar-refractivity contribution in [2.24, 2.45) is 10.8 Å². The number of aryl methyl sites for hydroxylation is 2. The van der Waals surface area contributed by atoms with Crippen LogP contribution in [-0.2, 0) is 4.74 Å². The summed E-state index contributed by atoms with van der Waals surface area (Å²) in [6, 6.07) is 17.9. The van der Waals surface area contributed by atoms with Gasteiger partial charge in [-0.15, -0.1) is 0 Å². The van der Waals surface area contributed by atoms with Crippen molar-refractivity contribution in [3.63, 3.8) is 0 Å². The van der Waals surface area contributed by atoms with Gasteiger partial charge in [0.2, 0.25) is 0 Å². The zero-order valence-electron chi connectivity index (χ0n) is 22.2. The van der Waals surface area contributed by atoms with E-state index in [4.69, 9.17) is 4.74 Å². The van der Waals surface area contributed by atoms with Crippen molar-refractivity contribution < 1.29 is 4.74 Å². The van der Waals surface area contributed by atoms with Gasteiger partial charge in [-0.2, -0.15) is 0 Å². The largest absolute Gasteiger partial charge is 0.368 e. The molecule has 2 atom stereocenters. The van der Waals surface area contributed by atoms with Crippen LogP contribution in [0.1, 0.15) is 103 Å². The normalized spacial score (nSPS) is 15.6. The summed E-state index contributed by atoms with van der Waals surface area (Å²) in [6.45, 7) is 27.5. The minimum atomic E-state index is -0.344. The second-order valence-electron chi connectivity index (χ2n) is 12.7. The lowest BCUT2D eigenvalue weighted by molar-refractivity contribution is -0.170. The Bertz CT molecular complexity index is 800. The lowest BCUT2D eigenvalue weighted by Crippen LogP contribution is -2.50. The lowest BCUT2D eigenvalue weighted by atomic mass is 9.66. The molecule has 0 radical (unpaired) electrons. The monoisotopic (exact) mass is 422 g/mol. The Kier molecular flexibility index (Phi) is 7.23. The molecule has 2 rings (SSSR count). The third kappa shape index (κ3) is 6.22. The van der Waals surface area contributed by atoms with Crippen LogP contribution in [0.15, 0.2) is 48.5 Å². The molecule has 0 amide bonds. The highest BCUT2D eigenvalue weighted by Gasteiger charge is 2.47. The van der Waals surface area contributed by atoms with Crippen LogP contribution in [0.4, 0.5) is 0 Å². The Morgan fingerprint density at radius 2 is 0.871 bits per heavy atom. The highest BCUT2D eigenvalue weighted by molar-refractivity contribution is 5.31. The van der Waals surface area contributed by atoms with Crippen molar-refractivity contribution in [2.45, 2.75) is 106 Å². The highest BCUT2D eigenvalue weighted by Crippen LogP contribution is 2.51. The molecule has 2 aromatic rings. The first kappa shape index (κ1) is 25.7. The summed E-state index contributed by atoms with van der Waals surface area (Å²) in [5.74, 6) is 0.523. The molecule has 0 bridgehead atoms. The van der Waals surface area contributed by atoms with Crippen LogP contribution in [0.25, 0.3) is 0 Å². The summed E-state index contributed by atoms with van der Waals surface area (Å²) < 4.78 is 7.19. The van der Waals surface area contributed by atoms with E-state index in [0.29, 0.717) is 0 Å². The van der Waals surface area contributed by atoms with Gasteiger partial charge in [0.25, 0.3) is 0 Å². The highest BCUT2D eigenvalue weighted by atomic mass is 16.5. The first-order chi connectivity index (χ1) is 13.9. The van der Waals surface area contributed by atoms with E-state index < -0.39 is 0 Å². The summed E-state index contributed by atoms with van der Waals surface area (Å²) in [5, 5.41) is 0. The minimum Gasteiger partial charge on any atom is -0.368 e. The molecule has 0 heterocycles. The SMILES string of the molecule is Cc1cccc(C(C(C)(C)C)C(C)(C)OC(C)(C)C(c2cccc(C)c2)C(C)(C)C)c1. The van der Waals surface area contributed by atoms with E-state index >= 15 is 0 Å². The molecular weight excluding hydrogens is 376 g/mol. The molecule has 0 fully saturated rings. The van der Waals surface area contributed by atoms with Gasteiger partial charge < -0.3 is 4.74 Å². The van der Waals surface area contributed by atoms with Crippen molar-refractivity contribution in [1.82, 2.24) is 0 Å². The Labute approximate surface area is 192 Å². The maximum absolute atomic E-state index is 7.19. The Balaban J connectivity index is 2.54. The van der Waals surface area contributed by atoms with Gasteiger partial charge in [0.05, 0.1) is 11.2 Å². The fourth-order valence-electron chi connectivity index (χ4n) is 6.38. The lowest BCUT2D eigenvalue weighted by Gasteiger charge is -2.51. The smallest absolute Gasteiger partial charge is 0.0707 e. The average Bonchev–Trinajstić information content (AvgIpc) is 2.50. The van der Waals surface area contributed by atoms with Crippen LogP contribution in [0.5, 0.6) is 0 Å². The maximum Gasteiger partial charge on any atom is 0.0707 e. The second kappa shape index (κ2) is 8.74. The second-order valence-corrected chi connectivity index (χ2v) is 12.7. The van der Waals surface area contributed by atoms with Crippen LogP contribution in [0.2, 0.25) is 0 Å². The van der Waals surface area contributed by atoms with Crippen LogP contribution >= 0.6 is 0 Å². The minimum absolute atomic E-state index is 0.0634.